The van der Waals surface area contributed by atoms with E-state index in [1.54, 1.807) is 12.1 Å². The SMILES string of the molecule is O=C(C[NH+]1CCN(c2ccc([N+](=O)[O-])cc2)CC1)Nc1nc2ccccc2s1. The normalized spacial score (nSPS) is 14.9. The smallest absolute Gasteiger partial charge is 0.281 e. The Morgan fingerprint density at radius 3 is 2.57 bits per heavy atom. The Morgan fingerprint density at radius 2 is 1.89 bits per heavy atom. The van der Waals surface area contributed by atoms with Crippen LogP contribution in [0.3, 0.4) is 0 Å². The average Bonchev–Trinajstić information content (AvgIpc) is 3.10. The van der Waals surface area contributed by atoms with Crippen LogP contribution in [0.5, 0.6) is 0 Å². The van der Waals surface area contributed by atoms with Crippen molar-refractivity contribution in [2.75, 3.05) is 42.9 Å². The molecule has 8 nitrogen and oxygen atoms in total. The highest BCUT2D eigenvalue weighted by atomic mass is 32.1. The first-order chi connectivity index (χ1) is 13.6. The van der Waals surface area contributed by atoms with Crippen LogP contribution in [-0.2, 0) is 4.79 Å². The molecular weight excluding hydrogens is 378 g/mol. The van der Waals surface area contributed by atoms with Crippen molar-refractivity contribution in [1.82, 2.24) is 4.98 Å². The molecule has 1 fully saturated rings. The Kier molecular flexibility index (Phi) is 5.18. The maximum atomic E-state index is 12.4. The van der Waals surface area contributed by atoms with Crippen LogP contribution in [0.1, 0.15) is 0 Å². The number of nitro benzene ring substituents is 1. The van der Waals surface area contributed by atoms with Gasteiger partial charge in [0.15, 0.2) is 11.7 Å². The number of non-ortho nitro benzene ring substituents is 1. The molecule has 144 valence electrons. The standard InChI is InChI=1S/C19H19N5O3S/c25-18(21-19-20-16-3-1-2-4-17(16)28-19)13-22-9-11-23(12-10-22)14-5-7-15(8-6-14)24(26)27/h1-8H,9-13H2,(H,20,21,25)/p+1. The summed E-state index contributed by atoms with van der Waals surface area (Å²) in [7, 11) is 0. The predicted molar refractivity (Wildman–Crippen MR) is 109 cm³/mol. The van der Waals surface area contributed by atoms with E-state index in [1.807, 2.05) is 24.3 Å². The highest BCUT2D eigenvalue weighted by Gasteiger charge is 2.23. The minimum Gasteiger partial charge on any atom is -0.360 e. The lowest BCUT2D eigenvalue weighted by Crippen LogP contribution is -3.15. The predicted octanol–water partition coefficient (Wildman–Crippen LogP) is 1.55. The van der Waals surface area contributed by atoms with Gasteiger partial charge >= 0.3 is 0 Å². The topological polar surface area (TPSA) is 92.8 Å². The van der Waals surface area contributed by atoms with Gasteiger partial charge in [0.2, 0.25) is 0 Å². The third-order valence-corrected chi connectivity index (χ3v) is 5.80. The van der Waals surface area contributed by atoms with Gasteiger partial charge in [-0.15, -0.1) is 0 Å². The number of nitrogens with zero attached hydrogens (tertiary/aromatic N) is 3. The summed E-state index contributed by atoms with van der Waals surface area (Å²) in [5, 5.41) is 14.3. The fourth-order valence-electron chi connectivity index (χ4n) is 3.36. The van der Waals surface area contributed by atoms with Gasteiger partial charge in [0.1, 0.15) is 0 Å². The Labute approximate surface area is 165 Å². The number of carbonyl (C=O) groups is 1. The van der Waals surface area contributed by atoms with Gasteiger partial charge in [-0.1, -0.05) is 23.5 Å². The number of nitrogens with one attached hydrogen (secondary N) is 2. The number of fused-ring (bicyclic) bond motifs is 1. The number of rotatable bonds is 5. The summed E-state index contributed by atoms with van der Waals surface area (Å²) in [6, 6.07) is 14.4. The number of aromatic nitrogens is 1. The zero-order chi connectivity index (χ0) is 19.5. The van der Waals surface area contributed by atoms with E-state index in [2.05, 4.69) is 15.2 Å². The average molecular weight is 398 g/mol. The van der Waals surface area contributed by atoms with Crippen LogP contribution < -0.4 is 15.1 Å². The monoisotopic (exact) mass is 398 g/mol. The van der Waals surface area contributed by atoms with E-state index in [0.717, 1.165) is 42.1 Å². The van der Waals surface area contributed by atoms with Gasteiger partial charge in [-0.3, -0.25) is 20.2 Å². The number of quaternary nitrogens is 1. The van der Waals surface area contributed by atoms with E-state index in [-0.39, 0.29) is 11.6 Å². The fourth-order valence-corrected chi connectivity index (χ4v) is 4.24. The molecule has 0 spiro atoms. The largest absolute Gasteiger partial charge is 0.360 e. The molecule has 0 radical (unpaired) electrons. The molecule has 2 N–H and O–H groups in total. The second-order valence-electron chi connectivity index (χ2n) is 6.72. The number of piperazine rings is 1. The number of nitro groups is 1. The lowest BCUT2D eigenvalue weighted by Gasteiger charge is -2.33. The number of thiazole rings is 1. The molecule has 0 bridgehead atoms. The van der Waals surface area contributed by atoms with Gasteiger partial charge in [-0.2, -0.15) is 0 Å². The fraction of sp³-hybridized carbons (Fsp3) is 0.263. The van der Waals surface area contributed by atoms with E-state index in [9.17, 15) is 14.9 Å². The van der Waals surface area contributed by atoms with Crippen molar-refractivity contribution in [3.8, 4) is 0 Å². The number of carbonyl (C=O) groups excluding carboxylic acids is 1. The zero-order valence-electron chi connectivity index (χ0n) is 15.1. The van der Waals surface area contributed by atoms with Crippen LogP contribution in [-0.4, -0.2) is 48.5 Å². The summed E-state index contributed by atoms with van der Waals surface area (Å²) in [5.74, 6) is -0.0298. The number of para-hydroxylation sites is 1. The third kappa shape index (κ3) is 4.10. The van der Waals surface area contributed by atoms with Gasteiger partial charge in [0.05, 0.1) is 41.3 Å². The minimum absolute atomic E-state index is 0.0298. The Balaban J connectivity index is 1.29. The first-order valence-electron chi connectivity index (χ1n) is 9.07. The van der Waals surface area contributed by atoms with Crippen molar-refractivity contribution in [2.24, 2.45) is 0 Å². The van der Waals surface area contributed by atoms with Crippen LogP contribution >= 0.6 is 11.3 Å². The molecule has 1 saturated heterocycles. The molecule has 4 rings (SSSR count). The maximum Gasteiger partial charge on any atom is 0.281 e. The van der Waals surface area contributed by atoms with Crippen molar-refractivity contribution >= 4 is 44.0 Å². The van der Waals surface area contributed by atoms with Crippen molar-refractivity contribution in [3.05, 3.63) is 58.6 Å². The summed E-state index contributed by atoms with van der Waals surface area (Å²) in [5.41, 5.74) is 1.97. The van der Waals surface area contributed by atoms with E-state index >= 15 is 0 Å². The molecule has 1 aliphatic rings. The van der Waals surface area contributed by atoms with Crippen LogP contribution in [0, 0.1) is 10.1 Å². The quantitative estimate of drug-likeness (QED) is 0.503. The molecule has 2 heterocycles. The number of benzene rings is 2. The van der Waals surface area contributed by atoms with Crippen molar-refractivity contribution in [3.63, 3.8) is 0 Å². The summed E-state index contributed by atoms with van der Waals surface area (Å²) in [4.78, 5) is 30.6. The van der Waals surface area contributed by atoms with Crippen LogP contribution in [0.15, 0.2) is 48.5 Å². The van der Waals surface area contributed by atoms with Crippen LogP contribution in [0.2, 0.25) is 0 Å². The van der Waals surface area contributed by atoms with Crippen molar-refractivity contribution in [2.45, 2.75) is 0 Å². The number of hydrogen-bond donors (Lipinski definition) is 2. The summed E-state index contributed by atoms with van der Waals surface area (Å²) >= 11 is 1.48. The first kappa shape index (κ1) is 18.3. The van der Waals surface area contributed by atoms with Crippen LogP contribution in [0.4, 0.5) is 16.5 Å². The summed E-state index contributed by atoms with van der Waals surface area (Å²) < 4.78 is 1.06. The Morgan fingerprint density at radius 1 is 1.18 bits per heavy atom. The highest BCUT2D eigenvalue weighted by molar-refractivity contribution is 7.22. The van der Waals surface area contributed by atoms with Gasteiger partial charge in [-0.25, -0.2) is 4.98 Å². The second-order valence-corrected chi connectivity index (χ2v) is 7.75. The first-order valence-corrected chi connectivity index (χ1v) is 9.88. The van der Waals surface area contributed by atoms with Gasteiger partial charge in [0.25, 0.3) is 11.6 Å². The van der Waals surface area contributed by atoms with E-state index in [1.165, 1.54) is 28.4 Å². The second kappa shape index (κ2) is 7.91. The molecule has 2 aromatic carbocycles. The number of amides is 1. The summed E-state index contributed by atoms with van der Waals surface area (Å²) in [6.07, 6.45) is 0. The van der Waals surface area contributed by atoms with E-state index < -0.39 is 4.92 Å². The maximum absolute atomic E-state index is 12.4. The summed E-state index contributed by atoms with van der Waals surface area (Å²) in [6.45, 7) is 3.70. The molecule has 9 heteroatoms. The lowest BCUT2D eigenvalue weighted by atomic mass is 10.2. The zero-order valence-corrected chi connectivity index (χ0v) is 15.9. The molecule has 0 saturated carbocycles. The third-order valence-electron chi connectivity index (χ3n) is 4.85. The van der Waals surface area contributed by atoms with Crippen molar-refractivity contribution in [1.29, 1.82) is 0 Å². The Bertz CT molecular complexity index is 963. The molecule has 1 aromatic heterocycles. The van der Waals surface area contributed by atoms with E-state index in [4.69, 9.17) is 0 Å². The lowest BCUT2D eigenvalue weighted by molar-refractivity contribution is -0.892. The minimum atomic E-state index is -0.393. The van der Waals surface area contributed by atoms with Crippen LogP contribution in [0.25, 0.3) is 10.2 Å². The molecule has 1 amide bonds. The molecule has 1 aliphatic heterocycles. The molecule has 0 aliphatic carbocycles. The number of hydrogen-bond acceptors (Lipinski definition) is 6. The molecular formula is C19H20N5O3S+. The molecule has 28 heavy (non-hydrogen) atoms. The molecule has 0 atom stereocenters. The van der Waals surface area contributed by atoms with E-state index in [0.29, 0.717) is 11.7 Å². The molecule has 0 unspecified atom stereocenters. The Hall–Kier alpha value is -3.04. The van der Waals surface area contributed by atoms with Crippen molar-refractivity contribution < 1.29 is 14.6 Å². The molecule has 3 aromatic rings. The van der Waals surface area contributed by atoms with Gasteiger partial charge in [0, 0.05) is 17.8 Å². The highest BCUT2D eigenvalue weighted by Crippen LogP contribution is 2.25. The number of anilines is 2. The van der Waals surface area contributed by atoms with Gasteiger partial charge in [-0.05, 0) is 24.3 Å². The van der Waals surface area contributed by atoms with Gasteiger partial charge < -0.3 is 9.80 Å².